The zero-order valence-electron chi connectivity index (χ0n) is 17.5. The molecule has 0 spiro atoms. The molecule has 33 heavy (non-hydrogen) atoms. The van der Waals surface area contributed by atoms with Gasteiger partial charge in [0.1, 0.15) is 0 Å². The first-order chi connectivity index (χ1) is 15.5. The number of nitrogens with zero attached hydrogens (tertiary/aromatic N) is 4. The molecule has 0 saturated heterocycles. The zero-order chi connectivity index (χ0) is 24.0. The highest BCUT2D eigenvalue weighted by atomic mass is 35.5. The molecular weight excluding hydrogens is 472 g/mol. The molecule has 4 rings (SSSR count). The van der Waals surface area contributed by atoms with E-state index in [0.717, 1.165) is 41.4 Å². The van der Waals surface area contributed by atoms with Crippen molar-refractivity contribution in [1.82, 2.24) is 19.9 Å². The van der Waals surface area contributed by atoms with E-state index in [-0.39, 0.29) is 6.54 Å². The molecule has 3 aromatic rings. The Labute approximate surface area is 190 Å². The number of fused-ring (bicyclic) bond motifs is 3. The first-order valence-electron chi connectivity index (χ1n) is 10.5. The van der Waals surface area contributed by atoms with Crippen LogP contribution >= 0.6 is 11.6 Å². The largest absolute Gasteiger partial charge is 0.451 e. The van der Waals surface area contributed by atoms with Crippen molar-refractivity contribution in [2.45, 2.75) is 57.4 Å². The highest BCUT2D eigenvalue weighted by molar-refractivity contribution is 6.31. The van der Waals surface area contributed by atoms with Crippen LogP contribution in [0, 0.1) is 0 Å². The summed E-state index contributed by atoms with van der Waals surface area (Å²) < 4.78 is 79.8. The molecule has 0 amide bonds. The van der Waals surface area contributed by atoms with Crippen LogP contribution in [0.25, 0.3) is 10.9 Å². The molecule has 0 aliphatic carbocycles. The van der Waals surface area contributed by atoms with Crippen LogP contribution in [0.4, 0.5) is 32.3 Å². The Hall–Kier alpha value is -2.56. The topological polar surface area (TPSA) is 57.7 Å². The van der Waals surface area contributed by atoms with Crippen molar-refractivity contribution in [3.05, 3.63) is 46.1 Å². The Morgan fingerprint density at radius 2 is 1.70 bits per heavy atom. The fourth-order valence-electron chi connectivity index (χ4n) is 4.21. The van der Waals surface area contributed by atoms with E-state index < -0.39 is 36.0 Å². The van der Waals surface area contributed by atoms with Crippen LogP contribution in [-0.2, 0) is 18.8 Å². The minimum atomic E-state index is -5.14. The molecule has 1 aliphatic heterocycles. The molecule has 1 aliphatic rings. The van der Waals surface area contributed by atoms with Crippen molar-refractivity contribution in [3.63, 3.8) is 0 Å². The fourth-order valence-corrected chi connectivity index (χ4v) is 4.38. The molecule has 2 aromatic heterocycles. The molecule has 3 heterocycles. The summed E-state index contributed by atoms with van der Waals surface area (Å²) in [5.41, 5.74) is 2.48. The lowest BCUT2D eigenvalue weighted by Crippen LogP contribution is -2.38. The predicted molar refractivity (Wildman–Crippen MR) is 111 cm³/mol. The quantitative estimate of drug-likeness (QED) is 0.317. The number of hydrogen-bond donors (Lipinski definition) is 1. The lowest BCUT2D eigenvalue weighted by atomic mass is 9.94. The molecule has 0 radical (unpaired) electrons. The molecule has 1 aromatic carbocycles. The Morgan fingerprint density at radius 3 is 2.30 bits per heavy atom. The third-order valence-corrected chi connectivity index (χ3v) is 5.92. The molecule has 0 saturated carbocycles. The summed E-state index contributed by atoms with van der Waals surface area (Å²) in [6, 6.07) is 4.80. The van der Waals surface area contributed by atoms with Crippen molar-refractivity contribution in [1.29, 1.82) is 0 Å². The minimum absolute atomic E-state index is 0.155. The average Bonchev–Trinajstić information content (AvgIpc) is 3.10. The standard InChI is InChI=1S/C21H20ClF6N5/c1-2-3-4-5-15-16-12(13-10-11(22)6-7-14(13)29-16)8-9-33(15)19-31-17(20(23,24)25)30-18(32-19)21(26,27)28/h6-7,10,15,29H,2-5,8-9H2,1H3/t15-/m0/s1. The van der Waals surface area contributed by atoms with Gasteiger partial charge in [-0.15, -0.1) is 0 Å². The maximum atomic E-state index is 13.3. The summed E-state index contributed by atoms with van der Waals surface area (Å²) >= 11 is 6.14. The van der Waals surface area contributed by atoms with E-state index in [1.54, 1.807) is 18.2 Å². The van der Waals surface area contributed by atoms with Gasteiger partial charge < -0.3 is 9.88 Å². The first kappa shape index (κ1) is 23.6. The van der Waals surface area contributed by atoms with Gasteiger partial charge in [-0.3, -0.25) is 0 Å². The summed E-state index contributed by atoms with van der Waals surface area (Å²) in [6.45, 7) is 2.16. The highest BCUT2D eigenvalue weighted by Crippen LogP contribution is 2.41. The van der Waals surface area contributed by atoms with Crippen molar-refractivity contribution in [2.24, 2.45) is 0 Å². The summed E-state index contributed by atoms with van der Waals surface area (Å²) in [7, 11) is 0. The second-order valence-corrected chi connectivity index (χ2v) is 8.38. The number of alkyl halides is 6. The Morgan fingerprint density at radius 1 is 1.03 bits per heavy atom. The summed E-state index contributed by atoms with van der Waals surface area (Å²) in [5, 5.41) is 1.43. The van der Waals surface area contributed by atoms with Crippen LogP contribution in [0.1, 0.15) is 61.6 Å². The van der Waals surface area contributed by atoms with Crippen molar-refractivity contribution in [2.75, 3.05) is 11.4 Å². The van der Waals surface area contributed by atoms with Gasteiger partial charge in [-0.05, 0) is 36.6 Å². The van der Waals surface area contributed by atoms with Gasteiger partial charge in [0.25, 0.3) is 0 Å². The van der Waals surface area contributed by atoms with Crippen molar-refractivity contribution in [3.8, 4) is 0 Å². The van der Waals surface area contributed by atoms with E-state index in [4.69, 9.17) is 11.6 Å². The number of anilines is 1. The number of nitrogens with one attached hydrogen (secondary N) is 1. The van der Waals surface area contributed by atoms with E-state index >= 15 is 0 Å². The van der Waals surface area contributed by atoms with Gasteiger partial charge in [-0.25, -0.2) is 4.98 Å². The van der Waals surface area contributed by atoms with E-state index in [1.165, 1.54) is 4.90 Å². The SMILES string of the molecule is CCCCC[C@H]1c2[nH]c3ccc(Cl)cc3c2CCN1c1nc(C(F)(F)F)nc(C(F)(F)F)n1. The average molecular weight is 492 g/mol. The number of unbranched alkanes of at least 4 members (excludes halogenated alkanes) is 2. The second-order valence-electron chi connectivity index (χ2n) is 7.94. The molecule has 1 N–H and O–H groups in total. The Balaban J connectivity index is 1.83. The minimum Gasteiger partial charge on any atom is -0.356 e. The van der Waals surface area contributed by atoms with Crippen LogP contribution in [-0.4, -0.2) is 26.5 Å². The number of halogens is 7. The molecule has 178 valence electrons. The van der Waals surface area contributed by atoms with Crippen LogP contribution in [0.3, 0.4) is 0 Å². The maximum absolute atomic E-state index is 13.3. The predicted octanol–water partition coefficient (Wildman–Crippen LogP) is 6.73. The summed E-state index contributed by atoms with van der Waals surface area (Å²) in [5.74, 6) is -4.35. The molecule has 0 bridgehead atoms. The molecule has 5 nitrogen and oxygen atoms in total. The van der Waals surface area contributed by atoms with Gasteiger partial charge in [0.15, 0.2) is 0 Å². The van der Waals surface area contributed by atoms with Gasteiger partial charge in [0, 0.05) is 28.2 Å². The molecule has 0 unspecified atom stereocenters. The Kier molecular flexibility index (Phi) is 6.19. The normalized spacial score (nSPS) is 17.0. The lowest BCUT2D eigenvalue weighted by Gasteiger charge is -2.36. The Bertz CT molecular complexity index is 1120. The summed E-state index contributed by atoms with van der Waals surface area (Å²) in [6.07, 6.45) is -6.89. The number of rotatable bonds is 5. The third-order valence-electron chi connectivity index (χ3n) is 5.68. The number of hydrogen-bond acceptors (Lipinski definition) is 4. The highest BCUT2D eigenvalue weighted by Gasteiger charge is 2.43. The number of H-pyrrole nitrogens is 1. The lowest BCUT2D eigenvalue weighted by molar-refractivity contribution is -0.155. The van der Waals surface area contributed by atoms with Gasteiger partial charge in [0.2, 0.25) is 17.6 Å². The zero-order valence-corrected chi connectivity index (χ0v) is 18.2. The van der Waals surface area contributed by atoms with Gasteiger partial charge in [0.05, 0.1) is 6.04 Å². The number of aromatic nitrogens is 4. The monoisotopic (exact) mass is 491 g/mol. The van der Waals surface area contributed by atoms with Crippen LogP contribution in [0.15, 0.2) is 18.2 Å². The number of aromatic amines is 1. The first-order valence-corrected chi connectivity index (χ1v) is 10.8. The second kappa shape index (κ2) is 8.66. The summed E-state index contributed by atoms with van der Waals surface area (Å²) in [4.78, 5) is 14.2. The van der Waals surface area contributed by atoms with E-state index in [0.29, 0.717) is 17.9 Å². The molecule has 0 fully saturated rings. The van der Waals surface area contributed by atoms with Gasteiger partial charge in [-0.2, -0.15) is 36.3 Å². The van der Waals surface area contributed by atoms with E-state index in [2.05, 4.69) is 19.9 Å². The molecule has 1 atom stereocenters. The molecular formula is C21H20ClF6N5. The van der Waals surface area contributed by atoms with Crippen LogP contribution in [0.5, 0.6) is 0 Å². The maximum Gasteiger partial charge on any atom is 0.451 e. The van der Waals surface area contributed by atoms with E-state index in [1.807, 2.05) is 6.92 Å². The number of benzene rings is 1. The van der Waals surface area contributed by atoms with Crippen molar-refractivity contribution < 1.29 is 26.3 Å². The van der Waals surface area contributed by atoms with Crippen molar-refractivity contribution >= 4 is 28.5 Å². The smallest absolute Gasteiger partial charge is 0.356 e. The van der Waals surface area contributed by atoms with Gasteiger partial charge >= 0.3 is 12.4 Å². The van der Waals surface area contributed by atoms with Gasteiger partial charge in [-0.1, -0.05) is 37.8 Å². The third kappa shape index (κ3) is 4.73. The van der Waals surface area contributed by atoms with Crippen LogP contribution < -0.4 is 4.90 Å². The fraction of sp³-hybridized carbons (Fsp3) is 0.476. The molecule has 12 heteroatoms. The van der Waals surface area contributed by atoms with E-state index in [9.17, 15) is 26.3 Å². The van der Waals surface area contributed by atoms with Crippen LogP contribution in [0.2, 0.25) is 5.02 Å².